The van der Waals surface area contributed by atoms with Crippen molar-refractivity contribution in [1.29, 1.82) is 0 Å². The smallest absolute Gasteiger partial charge is 0.162 e. The minimum atomic E-state index is -0.283. The predicted molar refractivity (Wildman–Crippen MR) is 64.3 cm³/mol. The van der Waals surface area contributed by atoms with Crippen molar-refractivity contribution in [2.75, 3.05) is 0 Å². The Hall–Kier alpha value is -2.03. The van der Waals surface area contributed by atoms with Gasteiger partial charge in [0.2, 0.25) is 0 Å². The van der Waals surface area contributed by atoms with E-state index in [2.05, 4.69) is 4.98 Å². The molecule has 0 aliphatic heterocycles. The van der Waals surface area contributed by atoms with Gasteiger partial charge >= 0.3 is 0 Å². The first kappa shape index (κ1) is 11.5. The number of carbonyl (C=O) groups excluding carboxylic acids is 1. The first-order valence-electron chi connectivity index (χ1n) is 5.46. The van der Waals surface area contributed by atoms with Gasteiger partial charge in [-0.2, -0.15) is 0 Å². The van der Waals surface area contributed by atoms with E-state index in [1.807, 2.05) is 6.92 Å². The number of carbonyl (C=O) groups is 1. The molecule has 0 fully saturated rings. The summed E-state index contributed by atoms with van der Waals surface area (Å²) in [5.41, 5.74) is 2.13. The molecule has 0 aliphatic carbocycles. The van der Waals surface area contributed by atoms with Crippen molar-refractivity contribution >= 4 is 5.78 Å². The molecule has 0 saturated carbocycles. The van der Waals surface area contributed by atoms with E-state index in [9.17, 15) is 9.18 Å². The molecule has 2 nitrogen and oxygen atoms in total. The van der Waals surface area contributed by atoms with E-state index < -0.39 is 0 Å². The van der Waals surface area contributed by atoms with Crippen molar-refractivity contribution < 1.29 is 9.18 Å². The quantitative estimate of drug-likeness (QED) is 0.754. The number of benzene rings is 1. The van der Waals surface area contributed by atoms with Crippen molar-refractivity contribution in [3.63, 3.8) is 0 Å². The third-order valence-corrected chi connectivity index (χ3v) is 2.54. The molecule has 0 unspecified atom stereocenters. The molecular formula is C14H12FNO. The second kappa shape index (κ2) is 4.87. The molecule has 0 atom stereocenters. The van der Waals surface area contributed by atoms with Crippen molar-refractivity contribution in [2.24, 2.45) is 0 Å². The van der Waals surface area contributed by atoms with Gasteiger partial charge in [0.1, 0.15) is 5.82 Å². The lowest BCUT2D eigenvalue weighted by Crippen LogP contribution is -1.97. The van der Waals surface area contributed by atoms with Crippen molar-refractivity contribution in [3.05, 3.63) is 54.0 Å². The molecule has 3 heteroatoms. The zero-order valence-electron chi connectivity index (χ0n) is 9.48. The Morgan fingerprint density at radius 2 is 1.94 bits per heavy atom. The highest BCUT2D eigenvalue weighted by Gasteiger charge is 2.06. The van der Waals surface area contributed by atoms with Crippen molar-refractivity contribution in [3.8, 4) is 11.3 Å². The Morgan fingerprint density at radius 1 is 1.24 bits per heavy atom. The predicted octanol–water partition coefficient (Wildman–Crippen LogP) is 3.48. The summed E-state index contributed by atoms with van der Waals surface area (Å²) in [6.45, 7) is 1.82. The zero-order valence-corrected chi connectivity index (χ0v) is 9.48. The van der Waals surface area contributed by atoms with Gasteiger partial charge in [-0.15, -0.1) is 0 Å². The minimum absolute atomic E-state index is 0.0794. The summed E-state index contributed by atoms with van der Waals surface area (Å²) >= 11 is 0. The SMILES string of the molecule is CCC(=O)c1ccnc(-c2ccc(F)cc2)c1. The summed E-state index contributed by atoms with van der Waals surface area (Å²) in [7, 11) is 0. The number of nitrogens with zero attached hydrogens (tertiary/aromatic N) is 1. The number of pyridine rings is 1. The molecule has 0 aliphatic rings. The first-order valence-corrected chi connectivity index (χ1v) is 5.46. The molecular weight excluding hydrogens is 217 g/mol. The number of ketones is 1. The van der Waals surface area contributed by atoms with Gasteiger partial charge in [0.15, 0.2) is 5.78 Å². The lowest BCUT2D eigenvalue weighted by atomic mass is 10.1. The molecule has 2 aromatic rings. The maximum Gasteiger partial charge on any atom is 0.162 e. The van der Waals surface area contributed by atoms with Crippen LogP contribution in [0.5, 0.6) is 0 Å². The normalized spacial score (nSPS) is 10.2. The minimum Gasteiger partial charge on any atom is -0.294 e. The fourth-order valence-electron chi connectivity index (χ4n) is 1.59. The Balaban J connectivity index is 2.39. The number of hydrogen-bond acceptors (Lipinski definition) is 2. The summed E-state index contributed by atoms with van der Waals surface area (Å²) in [6.07, 6.45) is 2.06. The van der Waals surface area contributed by atoms with Crippen LogP contribution in [0.15, 0.2) is 42.6 Å². The molecule has 86 valence electrons. The summed E-state index contributed by atoms with van der Waals surface area (Å²) < 4.78 is 12.8. The molecule has 0 amide bonds. The molecule has 0 saturated heterocycles. The van der Waals surface area contributed by atoms with E-state index in [1.165, 1.54) is 12.1 Å². The van der Waals surface area contributed by atoms with E-state index >= 15 is 0 Å². The lowest BCUT2D eigenvalue weighted by Gasteiger charge is -2.03. The zero-order chi connectivity index (χ0) is 12.3. The Bertz CT molecular complexity index is 534. The molecule has 1 heterocycles. The summed E-state index contributed by atoms with van der Waals surface area (Å²) in [5.74, 6) is -0.203. The van der Waals surface area contributed by atoms with Crippen LogP contribution in [0.3, 0.4) is 0 Å². The van der Waals surface area contributed by atoms with Crippen molar-refractivity contribution in [2.45, 2.75) is 13.3 Å². The van der Waals surface area contributed by atoms with E-state index in [0.717, 1.165) is 5.56 Å². The fourth-order valence-corrected chi connectivity index (χ4v) is 1.59. The monoisotopic (exact) mass is 229 g/mol. The molecule has 0 N–H and O–H groups in total. The van der Waals surface area contributed by atoms with Crippen LogP contribution >= 0.6 is 0 Å². The second-order valence-electron chi connectivity index (χ2n) is 3.71. The van der Waals surface area contributed by atoms with Gasteiger partial charge in [0, 0.05) is 23.7 Å². The first-order chi connectivity index (χ1) is 8.20. The summed E-state index contributed by atoms with van der Waals surface area (Å²) in [5, 5.41) is 0. The van der Waals surface area contributed by atoms with Crippen LogP contribution in [0.4, 0.5) is 4.39 Å². The van der Waals surface area contributed by atoms with Gasteiger partial charge in [-0.3, -0.25) is 9.78 Å². The fraction of sp³-hybridized carbons (Fsp3) is 0.143. The molecule has 17 heavy (non-hydrogen) atoms. The van der Waals surface area contributed by atoms with Gasteiger partial charge in [-0.25, -0.2) is 4.39 Å². The van der Waals surface area contributed by atoms with Crippen LogP contribution in [-0.2, 0) is 0 Å². The highest BCUT2D eigenvalue weighted by atomic mass is 19.1. The number of hydrogen-bond donors (Lipinski definition) is 0. The Labute approximate surface area is 99.1 Å². The van der Waals surface area contributed by atoms with Crippen molar-refractivity contribution in [1.82, 2.24) is 4.98 Å². The number of aromatic nitrogens is 1. The van der Waals surface area contributed by atoms with Crippen LogP contribution < -0.4 is 0 Å². The third-order valence-electron chi connectivity index (χ3n) is 2.54. The average Bonchev–Trinajstić information content (AvgIpc) is 2.39. The molecule has 2 rings (SSSR count). The maximum atomic E-state index is 12.8. The summed E-state index contributed by atoms with van der Waals surface area (Å²) in [4.78, 5) is 15.7. The van der Waals surface area contributed by atoms with Crippen LogP contribution in [0.25, 0.3) is 11.3 Å². The van der Waals surface area contributed by atoms with E-state index in [4.69, 9.17) is 0 Å². The average molecular weight is 229 g/mol. The highest BCUT2D eigenvalue weighted by Crippen LogP contribution is 2.18. The van der Waals surface area contributed by atoms with Gasteiger partial charge in [0.25, 0.3) is 0 Å². The van der Waals surface area contributed by atoms with Gasteiger partial charge in [0.05, 0.1) is 5.69 Å². The number of Topliss-reactive ketones (excluding diaryl/α,β-unsaturated/α-hetero) is 1. The van der Waals surface area contributed by atoms with E-state index in [-0.39, 0.29) is 11.6 Å². The van der Waals surface area contributed by atoms with E-state index in [1.54, 1.807) is 30.5 Å². The highest BCUT2D eigenvalue weighted by molar-refractivity contribution is 5.96. The standard InChI is InChI=1S/C14H12FNO/c1-2-14(17)11-7-8-16-13(9-11)10-3-5-12(15)6-4-10/h3-9H,2H2,1H3. The van der Waals surface area contributed by atoms with Crippen LogP contribution in [0.1, 0.15) is 23.7 Å². The maximum absolute atomic E-state index is 12.8. The van der Waals surface area contributed by atoms with E-state index in [0.29, 0.717) is 17.7 Å². The lowest BCUT2D eigenvalue weighted by molar-refractivity contribution is 0.0988. The van der Waals surface area contributed by atoms with Gasteiger partial charge in [-0.05, 0) is 36.4 Å². The largest absolute Gasteiger partial charge is 0.294 e. The number of halogens is 1. The van der Waals surface area contributed by atoms with Gasteiger partial charge < -0.3 is 0 Å². The van der Waals surface area contributed by atoms with Crippen LogP contribution in [0, 0.1) is 5.82 Å². The molecule has 1 aromatic carbocycles. The van der Waals surface area contributed by atoms with Crippen LogP contribution in [0.2, 0.25) is 0 Å². The third kappa shape index (κ3) is 2.56. The molecule has 0 spiro atoms. The summed E-state index contributed by atoms with van der Waals surface area (Å²) in [6, 6.07) is 9.49. The molecule has 0 bridgehead atoms. The molecule has 1 aromatic heterocycles. The molecule has 0 radical (unpaired) electrons. The topological polar surface area (TPSA) is 30.0 Å². The van der Waals surface area contributed by atoms with Gasteiger partial charge in [-0.1, -0.05) is 6.92 Å². The van der Waals surface area contributed by atoms with Crippen LogP contribution in [-0.4, -0.2) is 10.8 Å². The Morgan fingerprint density at radius 3 is 2.59 bits per heavy atom. The Kier molecular flexibility index (Phi) is 3.28. The second-order valence-corrected chi connectivity index (χ2v) is 3.71. The number of rotatable bonds is 3.